The first-order valence-corrected chi connectivity index (χ1v) is 7.98. The van der Waals surface area contributed by atoms with Gasteiger partial charge >= 0.3 is 0 Å². The summed E-state index contributed by atoms with van der Waals surface area (Å²) < 4.78 is 25.7. The maximum absolute atomic E-state index is 12.9. The molecule has 4 nitrogen and oxygen atoms in total. The quantitative estimate of drug-likeness (QED) is 0.893. The number of benzene rings is 2. The number of phenols is 2. The van der Waals surface area contributed by atoms with Gasteiger partial charge in [-0.05, 0) is 68.1 Å². The van der Waals surface area contributed by atoms with Crippen LogP contribution in [-0.2, 0) is 9.84 Å². The van der Waals surface area contributed by atoms with Crippen molar-refractivity contribution in [3.8, 4) is 11.5 Å². The van der Waals surface area contributed by atoms with E-state index in [1.54, 1.807) is 33.8 Å². The zero-order valence-electron chi connectivity index (χ0n) is 12.4. The zero-order chi connectivity index (χ0) is 15.9. The van der Waals surface area contributed by atoms with Crippen molar-refractivity contribution in [1.82, 2.24) is 0 Å². The lowest BCUT2D eigenvalue weighted by Gasteiger charge is -2.14. The number of phenolic OH excluding ortho intramolecular Hbond substituents is 2. The van der Waals surface area contributed by atoms with Crippen molar-refractivity contribution >= 4 is 9.84 Å². The zero-order valence-corrected chi connectivity index (χ0v) is 13.2. The van der Waals surface area contributed by atoms with E-state index in [2.05, 4.69) is 0 Å². The van der Waals surface area contributed by atoms with E-state index in [1.807, 2.05) is 0 Å². The SMILES string of the molecule is Cc1cc(C)c(O)c(S(=O)(=O)c2c(C)cc(O)cc2C)c1. The molecule has 0 amide bonds. The molecule has 0 heterocycles. The molecule has 0 aliphatic rings. The lowest BCUT2D eigenvalue weighted by Crippen LogP contribution is -2.07. The van der Waals surface area contributed by atoms with E-state index >= 15 is 0 Å². The van der Waals surface area contributed by atoms with Gasteiger partial charge in [0.2, 0.25) is 9.84 Å². The van der Waals surface area contributed by atoms with Gasteiger partial charge < -0.3 is 10.2 Å². The second-order valence-electron chi connectivity index (χ2n) is 5.34. The van der Waals surface area contributed by atoms with Crippen LogP contribution >= 0.6 is 0 Å². The average Bonchev–Trinajstić information content (AvgIpc) is 2.31. The smallest absolute Gasteiger partial charge is 0.210 e. The van der Waals surface area contributed by atoms with Gasteiger partial charge in [0.05, 0.1) is 4.90 Å². The van der Waals surface area contributed by atoms with Gasteiger partial charge in [-0.15, -0.1) is 0 Å². The highest BCUT2D eigenvalue weighted by Gasteiger charge is 2.26. The minimum atomic E-state index is -3.85. The van der Waals surface area contributed by atoms with Crippen LogP contribution in [0.15, 0.2) is 34.1 Å². The molecule has 0 radical (unpaired) electrons. The summed E-state index contributed by atoms with van der Waals surface area (Å²) in [7, 11) is -3.85. The molecule has 0 spiro atoms. The summed E-state index contributed by atoms with van der Waals surface area (Å²) in [6.07, 6.45) is 0. The Balaban J connectivity index is 2.81. The molecule has 0 bridgehead atoms. The highest BCUT2D eigenvalue weighted by atomic mass is 32.2. The van der Waals surface area contributed by atoms with Crippen molar-refractivity contribution in [2.45, 2.75) is 37.5 Å². The Hall–Kier alpha value is -2.01. The number of sulfone groups is 1. The van der Waals surface area contributed by atoms with Crippen LogP contribution < -0.4 is 0 Å². The third-order valence-electron chi connectivity index (χ3n) is 3.41. The molecule has 0 aromatic heterocycles. The Morgan fingerprint density at radius 2 is 1.33 bits per heavy atom. The molecular weight excluding hydrogens is 288 g/mol. The summed E-state index contributed by atoms with van der Waals surface area (Å²) in [5, 5.41) is 19.7. The van der Waals surface area contributed by atoms with Crippen molar-refractivity contribution in [3.63, 3.8) is 0 Å². The fourth-order valence-corrected chi connectivity index (χ4v) is 4.53. The second-order valence-corrected chi connectivity index (χ2v) is 7.20. The molecule has 0 saturated heterocycles. The molecule has 0 fully saturated rings. The van der Waals surface area contributed by atoms with E-state index in [4.69, 9.17) is 0 Å². The Bertz CT molecular complexity index is 797. The topological polar surface area (TPSA) is 74.6 Å². The highest BCUT2D eigenvalue weighted by Crippen LogP contribution is 2.36. The monoisotopic (exact) mass is 306 g/mol. The normalized spacial score (nSPS) is 11.6. The number of rotatable bonds is 2. The van der Waals surface area contributed by atoms with Crippen LogP contribution in [0, 0.1) is 27.7 Å². The molecule has 0 atom stereocenters. The van der Waals surface area contributed by atoms with E-state index in [1.165, 1.54) is 18.2 Å². The van der Waals surface area contributed by atoms with Gasteiger partial charge in [0.25, 0.3) is 0 Å². The largest absolute Gasteiger partial charge is 0.508 e. The third kappa shape index (κ3) is 2.61. The molecule has 0 aliphatic heterocycles. The third-order valence-corrected chi connectivity index (χ3v) is 5.48. The molecule has 2 aromatic rings. The van der Waals surface area contributed by atoms with Crippen molar-refractivity contribution in [1.29, 1.82) is 0 Å². The predicted octanol–water partition coefficient (Wildman–Crippen LogP) is 3.16. The van der Waals surface area contributed by atoms with Crippen LogP contribution in [0.5, 0.6) is 11.5 Å². The van der Waals surface area contributed by atoms with Crippen LogP contribution in [0.3, 0.4) is 0 Å². The molecule has 0 unspecified atom stereocenters. The lowest BCUT2D eigenvalue weighted by atomic mass is 10.1. The van der Waals surface area contributed by atoms with Crippen molar-refractivity contribution < 1.29 is 18.6 Å². The van der Waals surface area contributed by atoms with Crippen LogP contribution in [0.4, 0.5) is 0 Å². The maximum Gasteiger partial charge on any atom is 0.210 e. The van der Waals surface area contributed by atoms with Gasteiger partial charge in [-0.1, -0.05) is 6.07 Å². The standard InChI is InChI=1S/C16H18O4S/c1-9-5-10(2)15(18)14(6-9)21(19,20)16-11(3)7-13(17)8-12(16)4/h5-8,17-18H,1-4H3. The van der Waals surface area contributed by atoms with Crippen molar-refractivity contribution in [3.05, 3.63) is 46.5 Å². The van der Waals surface area contributed by atoms with Crippen LogP contribution in [0.2, 0.25) is 0 Å². The fourth-order valence-electron chi connectivity index (χ4n) is 2.59. The highest BCUT2D eigenvalue weighted by molar-refractivity contribution is 7.91. The van der Waals surface area contributed by atoms with E-state index < -0.39 is 9.84 Å². The molecule has 2 rings (SSSR count). The first kappa shape index (κ1) is 15.4. The Labute approximate surface area is 124 Å². The molecular formula is C16H18O4S. The fraction of sp³-hybridized carbons (Fsp3) is 0.250. The van der Waals surface area contributed by atoms with E-state index in [9.17, 15) is 18.6 Å². The van der Waals surface area contributed by atoms with Crippen molar-refractivity contribution in [2.24, 2.45) is 0 Å². The number of hydrogen-bond acceptors (Lipinski definition) is 4. The number of hydrogen-bond donors (Lipinski definition) is 2. The number of aromatic hydroxyl groups is 2. The molecule has 112 valence electrons. The van der Waals surface area contributed by atoms with Crippen LogP contribution in [-0.4, -0.2) is 18.6 Å². The summed E-state index contributed by atoms with van der Waals surface area (Å²) in [5.41, 5.74) is 2.18. The lowest BCUT2D eigenvalue weighted by molar-refractivity contribution is 0.454. The molecule has 2 aromatic carbocycles. The van der Waals surface area contributed by atoms with E-state index in [-0.39, 0.29) is 21.3 Å². The van der Waals surface area contributed by atoms with Crippen molar-refractivity contribution in [2.75, 3.05) is 0 Å². The van der Waals surface area contributed by atoms with Crippen LogP contribution in [0.25, 0.3) is 0 Å². The average molecular weight is 306 g/mol. The molecule has 0 saturated carbocycles. The van der Waals surface area contributed by atoms with Gasteiger partial charge in [-0.25, -0.2) is 8.42 Å². The number of aryl methyl sites for hydroxylation is 4. The summed E-state index contributed by atoms with van der Waals surface area (Å²) in [4.78, 5) is 0.0255. The Morgan fingerprint density at radius 3 is 1.86 bits per heavy atom. The van der Waals surface area contributed by atoms with Gasteiger partial charge in [0.15, 0.2) is 0 Å². The summed E-state index contributed by atoms with van der Waals surface area (Å²) >= 11 is 0. The molecule has 5 heteroatoms. The Morgan fingerprint density at radius 1 is 0.810 bits per heavy atom. The first-order valence-electron chi connectivity index (χ1n) is 6.50. The summed E-state index contributed by atoms with van der Waals surface area (Å²) in [6.45, 7) is 6.69. The van der Waals surface area contributed by atoms with Gasteiger partial charge in [-0.3, -0.25) is 0 Å². The van der Waals surface area contributed by atoms with E-state index in [0.29, 0.717) is 16.7 Å². The molecule has 2 N–H and O–H groups in total. The molecule has 0 aliphatic carbocycles. The van der Waals surface area contributed by atoms with Gasteiger partial charge in [0, 0.05) is 0 Å². The van der Waals surface area contributed by atoms with E-state index in [0.717, 1.165) is 5.56 Å². The minimum Gasteiger partial charge on any atom is -0.508 e. The van der Waals surface area contributed by atoms with Gasteiger partial charge in [0.1, 0.15) is 16.4 Å². The molecule has 21 heavy (non-hydrogen) atoms. The minimum absolute atomic E-state index is 0.0218. The van der Waals surface area contributed by atoms with Crippen LogP contribution in [0.1, 0.15) is 22.3 Å². The van der Waals surface area contributed by atoms with Gasteiger partial charge in [-0.2, -0.15) is 0 Å². The predicted molar refractivity (Wildman–Crippen MR) is 80.6 cm³/mol. The Kier molecular flexibility index (Phi) is 3.72. The summed E-state index contributed by atoms with van der Waals surface area (Å²) in [5.74, 6) is -0.207. The summed E-state index contributed by atoms with van der Waals surface area (Å²) in [6, 6.07) is 5.99. The maximum atomic E-state index is 12.9. The first-order chi connectivity index (χ1) is 9.64. The second kappa shape index (κ2) is 5.07.